The lowest BCUT2D eigenvalue weighted by Gasteiger charge is -2.32. The number of carbonyl (C=O) groups excluding carboxylic acids is 1. The molecule has 0 aromatic heterocycles. The van der Waals surface area contributed by atoms with Crippen LogP contribution in [0.25, 0.3) is 0 Å². The highest BCUT2D eigenvalue weighted by molar-refractivity contribution is 9.10. The number of amides is 1. The van der Waals surface area contributed by atoms with Crippen molar-refractivity contribution in [2.45, 2.75) is 39.2 Å². The number of nitrogens with one attached hydrogen (secondary N) is 1. The summed E-state index contributed by atoms with van der Waals surface area (Å²) in [5.41, 5.74) is 7.04. The molecule has 0 radical (unpaired) electrons. The van der Waals surface area contributed by atoms with Gasteiger partial charge in [-0.3, -0.25) is 4.79 Å². The van der Waals surface area contributed by atoms with Crippen LogP contribution >= 0.6 is 15.9 Å². The highest BCUT2D eigenvalue weighted by Crippen LogP contribution is 2.29. The van der Waals surface area contributed by atoms with E-state index in [-0.39, 0.29) is 11.9 Å². The summed E-state index contributed by atoms with van der Waals surface area (Å²) in [7, 11) is 0. The summed E-state index contributed by atoms with van der Waals surface area (Å²) in [5, 5.41) is 3.13. The van der Waals surface area contributed by atoms with E-state index in [2.05, 4.69) is 35.1 Å². The summed E-state index contributed by atoms with van der Waals surface area (Å²) in [6.07, 6.45) is 3.40. The fourth-order valence-electron chi connectivity index (χ4n) is 3.02. The third-order valence-corrected chi connectivity index (χ3v) is 4.49. The van der Waals surface area contributed by atoms with Crippen molar-refractivity contribution >= 4 is 27.5 Å². The molecule has 1 aliphatic carbocycles. The second kappa shape index (κ2) is 5.95. The normalized spacial score (nSPS) is 27.0. The second-order valence-electron chi connectivity index (χ2n) is 5.82. The highest BCUT2D eigenvalue weighted by atomic mass is 79.9. The molecule has 1 aromatic carbocycles. The Morgan fingerprint density at radius 3 is 2.47 bits per heavy atom. The maximum Gasteiger partial charge on any atom is 0.251 e. The van der Waals surface area contributed by atoms with E-state index in [9.17, 15) is 4.79 Å². The molecule has 3 N–H and O–H groups in total. The lowest BCUT2D eigenvalue weighted by molar-refractivity contribution is 0.0911. The summed E-state index contributed by atoms with van der Waals surface area (Å²) in [6.45, 7) is 4.51. The van der Waals surface area contributed by atoms with Crippen molar-refractivity contribution < 1.29 is 4.79 Å². The van der Waals surface area contributed by atoms with Gasteiger partial charge in [0.2, 0.25) is 0 Å². The van der Waals surface area contributed by atoms with E-state index in [0.717, 1.165) is 17.3 Å². The molecule has 4 heteroatoms. The molecule has 3 nitrogen and oxygen atoms in total. The number of nitrogen functional groups attached to an aromatic ring is 1. The largest absolute Gasteiger partial charge is 0.398 e. The van der Waals surface area contributed by atoms with Crippen molar-refractivity contribution in [3.8, 4) is 0 Å². The van der Waals surface area contributed by atoms with Gasteiger partial charge in [-0.05, 0) is 65.2 Å². The predicted octanol–water partition coefficient (Wildman–Crippen LogP) is 3.59. The Hall–Kier alpha value is -1.03. The number of carbonyl (C=O) groups is 1. The van der Waals surface area contributed by atoms with Gasteiger partial charge in [-0.25, -0.2) is 0 Å². The zero-order valence-corrected chi connectivity index (χ0v) is 13.0. The molecule has 19 heavy (non-hydrogen) atoms. The van der Waals surface area contributed by atoms with Crippen LogP contribution in [0, 0.1) is 11.8 Å². The van der Waals surface area contributed by atoms with Crippen molar-refractivity contribution in [1.82, 2.24) is 5.32 Å². The smallest absolute Gasteiger partial charge is 0.251 e. The molecular formula is C15H21BrN2O. The molecule has 0 aliphatic heterocycles. The Labute approximate surface area is 123 Å². The Balaban J connectivity index is 2.02. The van der Waals surface area contributed by atoms with Crippen LogP contribution in [0.4, 0.5) is 5.69 Å². The molecule has 0 spiro atoms. The van der Waals surface area contributed by atoms with Gasteiger partial charge >= 0.3 is 0 Å². The van der Waals surface area contributed by atoms with Crippen molar-refractivity contribution in [1.29, 1.82) is 0 Å². The van der Waals surface area contributed by atoms with Gasteiger partial charge in [0.25, 0.3) is 5.91 Å². The summed E-state index contributed by atoms with van der Waals surface area (Å²) < 4.78 is 0.823. The number of halogens is 1. The zero-order valence-electron chi connectivity index (χ0n) is 11.4. The maximum atomic E-state index is 12.2. The SMILES string of the molecule is CC1CC(C)CC(NC(=O)c2ccc(Br)c(N)c2)C1. The third kappa shape index (κ3) is 3.72. The summed E-state index contributed by atoms with van der Waals surface area (Å²) in [4.78, 5) is 12.2. The topological polar surface area (TPSA) is 55.1 Å². The average Bonchev–Trinajstić information content (AvgIpc) is 2.31. The molecule has 1 aliphatic rings. The van der Waals surface area contributed by atoms with Crippen molar-refractivity contribution in [3.05, 3.63) is 28.2 Å². The molecule has 104 valence electrons. The van der Waals surface area contributed by atoms with Crippen LogP contribution in [0.15, 0.2) is 22.7 Å². The van der Waals surface area contributed by atoms with Gasteiger partial charge in [0.05, 0.1) is 0 Å². The Morgan fingerprint density at radius 1 is 1.26 bits per heavy atom. The first-order chi connectivity index (χ1) is 8.95. The minimum Gasteiger partial charge on any atom is -0.398 e. The minimum absolute atomic E-state index is 0.0227. The molecule has 2 unspecified atom stereocenters. The van der Waals surface area contributed by atoms with E-state index in [4.69, 9.17) is 5.73 Å². The molecule has 1 saturated carbocycles. The van der Waals surface area contributed by atoms with E-state index < -0.39 is 0 Å². The minimum atomic E-state index is -0.0227. The standard InChI is InChI=1S/C15H21BrN2O/c1-9-5-10(2)7-12(6-9)18-15(19)11-3-4-13(16)14(17)8-11/h3-4,8-10,12H,5-7,17H2,1-2H3,(H,18,19). The molecule has 0 saturated heterocycles. The highest BCUT2D eigenvalue weighted by Gasteiger charge is 2.25. The number of hydrogen-bond donors (Lipinski definition) is 2. The van der Waals surface area contributed by atoms with E-state index in [1.54, 1.807) is 12.1 Å². The lowest BCUT2D eigenvalue weighted by atomic mass is 9.80. The van der Waals surface area contributed by atoms with Gasteiger partial charge in [0.15, 0.2) is 0 Å². The second-order valence-corrected chi connectivity index (χ2v) is 6.68. The number of rotatable bonds is 2. The summed E-state index contributed by atoms with van der Waals surface area (Å²) in [5.74, 6) is 1.35. The van der Waals surface area contributed by atoms with Crippen LogP contribution < -0.4 is 11.1 Å². The van der Waals surface area contributed by atoms with Gasteiger partial charge in [0.1, 0.15) is 0 Å². The molecule has 1 aromatic rings. The first-order valence-electron chi connectivity index (χ1n) is 6.81. The first kappa shape index (κ1) is 14.4. The Morgan fingerprint density at radius 2 is 1.89 bits per heavy atom. The molecule has 0 bridgehead atoms. The summed E-state index contributed by atoms with van der Waals surface area (Å²) >= 11 is 3.34. The van der Waals surface area contributed by atoms with Gasteiger partial charge in [-0.2, -0.15) is 0 Å². The average molecular weight is 325 g/mol. The fraction of sp³-hybridized carbons (Fsp3) is 0.533. The lowest BCUT2D eigenvalue weighted by Crippen LogP contribution is -2.40. The van der Waals surface area contributed by atoms with Crippen LogP contribution in [0.2, 0.25) is 0 Å². The van der Waals surface area contributed by atoms with Crippen molar-refractivity contribution in [2.75, 3.05) is 5.73 Å². The van der Waals surface area contributed by atoms with E-state index in [1.807, 2.05) is 6.07 Å². The quantitative estimate of drug-likeness (QED) is 0.817. The van der Waals surface area contributed by atoms with E-state index in [1.165, 1.54) is 6.42 Å². The van der Waals surface area contributed by atoms with E-state index >= 15 is 0 Å². The molecule has 1 fully saturated rings. The molecule has 1 amide bonds. The zero-order chi connectivity index (χ0) is 14.0. The number of hydrogen-bond acceptors (Lipinski definition) is 2. The van der Waals surface area contributed by atoms with Gasteiger partial charge in [0, 0.05) is 21.8 Å². The maximum absolute atomic E-state index is 12.2. The monoisotopic (exact) mass is 324 g/mol. The first-order valence-corrected chi connectivity index (χ1v) is 7.61. The van der Waals surface area contributed by atoms with Crippen molar-refractivity contribution in [3.63, 3.8) is 0 Å². The van der Waals surface area contributed by atoms with E-state index in [0.29, 0.717) is 23.1 Å². The predicted molar refractivity (Wildman–Crippen MR) is 82.0 cm³/mol. The third-order valence-electron chi connectivity index (χ3n) is 3.77. The number of anilines is 1. The van der Waals surface area contributed by atoms with Gasteiger partial charge in [-0.15, -0.1) is 0 Å². The van der Waals surface area contributed by atoms with Gasteiger partial charge < -0.3 is 11.1 Å². The van der Waals surface area contributed by atoms with Gasteiger partial charge in [-0.1, -0.05) is 13.8 Å². The van der Waals surface area contributed by atoms with Crippen LogP contribution in [0.5, 0.6) is 0 Å². The molecule has 2 rings (SSSR count). The van der Waals surface area contributed by atoms with Crippen LogP contribution in [-0.4, -0.2) is 11.9 Å². The van der Waals surface area contributed by atoms with Crippen LogP contribution in [0.1, 0.15) is 43.5 Å². The molecule has 0 heterocycles. The number of nitrogens with two attached hydrogens (primary N) is 1. The number of benzene rings is 1. The molecule has 2 atom stereocenters. The summed E-state index contributed by atoms with van der Waals surface area (Å²) in [6, 6.07) is 5.62. The van der Waals surface area contributed by atoms with Crippen LogP contribution in [-0.2, 0) is 0 Å². The van der Waals surface area contributed by atoms with Crippen LogP contribution in [0.3, 0.4) is 0 Å². The van der Waals surface area contributed by atoms with Crippen molar-refractivity contribution in [2.24, 2.45) is 11.8 Å². The Kier molecular flexibility index (Phi) is 4.50. The fourth-order valence-corrected chi connectivity index (χ4v) is 3.27. The Bertz CT molecular complexity index is 465. The molecular weight excluding hydrogens is 304 g/mol.